The number of anilines is 1. The highest BCUT2D eigenvalue weighted by Gasteiger charge is 2.18. The fraction of sp³-hybridized carbons (Fsp3) is 0.176. The van der Waals surface area contributed by atoms with Crippen molar-refractivity contribution >= 4 is 29.0 Å². The summed E-state index contributed by atoms with van der Waals surface area (Å²) in [5.41, 5.74) is 3.22. The highest BCUT2D eigenvalue weighted by molar-refractivity contribution is 6.35. The van der Waals surface area contributed by atoms with Crippen LogP contribution in [0.3, 0.4) is 0 Å². The molecule has 2 rings (SSSR count). The first-order valence-corrected chi connectivity index (χ1v) is 6.96. The first-order chi connectivity index (χ1) is 9.90. The van der Waals surface area contributed by atoms with Gasteiger partial charge in [0.25, 0.3) is 0 Å². The summed E-state index contributed by atoms with van der Waals surface area (Å²) < 4.78 is 0. The van der Waals surface area contributed by atoms with Gasteiger partial charge in [0, 0.05) is 18.1 Å². The Morgan fingerprint density at radius 1 is 1.05 bits per heavy atom. The smallest absolute Gasteiger partial charge is 0.221 e. The molecule has 4 heteroatoms. The van der Waals surface area contributed by atoms with Crippen molar-refractivity contribution in [2.45, 2.75) is 20.8 Å². The molecule has 0 bridgehead atoms. The molecule has 0 saturated heterocycles. The molecule has 2 aromatic carbocycles. The van der Waals surface area contributed by atoms with Gasteiger partial charge in [0.2, 0.25) is 5.91 Å². The molecule has 0 saturated carbocycles. The molecule has 0 atom stereocenters. The predicted octanol–water partition coefficient (Wildman–Crippen LogP) is 4.15. The van der Waals surface area contributed by atoms with Gasteiger partial charge >= 0.3 is 0 Å². The molecule has 1 N–H and O–H groups in total. The zero-order chi connectivity index (χ0) is 15.6. The number of hydrogen-bond acceptors (Lipinski definition) is 2. The van der Waals surface area contributed by atoms with Crippen molar-refractivity contribution < 1.29 is 9.59 Å². The van der Waals surface area contributed by atoms with Gasteiger partial charge in [-0.25, -0.2) is 0 Å². The Morgan fingerprint density at radius 2 is 1.71 bits per heavy atom. The minimum Gasteiger partial charge on any atom is -0.325 e. The maximum atomic E-state index is 12.7. The third kappa shape index (κ3) is 3.31. The number of benzene rings is 2. The number of rotatable bonds is 3. The monoisotopic (exact) mass is 301 g/mol. The summed E-state index contributed by atoms with van der Waals surface area (Å²) in [6.45, 7) is 5.19. The van der Waals surface area contributed by atoms with E-state index in [1.807, 2.05) is 19.9 Å². The minimum absolute atomic E-state index is 0.198. The van der Waals surface area contributed by atoms with Gasteiger partial charge in [0.05, 0.1) is 10.7 Å². The lowest BCUT2D eigenvalue weighted by atomic mass is 9.96. The lowest BCUT2D eigenvalue weighted by molar-refractivity contribution is -0.114. The predicted molar refractivity (Wildman–Crippen MR) is 85.1 cm³/mol. The zero-order valence-electron chi connectivity index (χ0n) is 12.2. The molecule has 0 aliphatic rings. The molecule has 0 spiro atoms. The van der Waals surface area contributed by atoms with E-state index < -0.39 is 0 Å². The number of carbonyl (C=O) groups excluding carboxylic acids is 2. The second-order valence-electron chi connectivity index (χ2n) is 4.99. The highest BCUT2D eigenvalue weighted by Crippen LogP contribution is 2.27. The molecule has 108 valence electrons. The van der Waals surface area contributed by atoms with Crippen LogP contribution in [0.1, 0.15) is 34.0 Å². The fourth-order valence-corrected chi connectivity index (χ4v) is 2.50. The highest BCUT2D eigenvalue weighted by atomic mass is 35.5. The van der Waals surface area contributed by atoms with Crippen LogP contribution < -0.4 is 5.32 Å². The largest absolute Gasteiger partial charge is 0.325 e. The molecule has 3 nitrogen and oxygen atoms in total. The molecule has 0 radical (unpaired) electrons. The van der Waals surface area contributed by atoms with Gasteiger partial charge in [0.15, 0.2) is 5.78 Å². The maximum absolute atomic E-state index is 12.7. The summed E-state index contributed by atoms with van der Waals surface area (Å²) in [6, 6.07) is 10.6. The molecule has 2 aromatic rings. The molecule has 0 aliphatic carbocycles. The van der Waals surface area contributed by atoms with Crippen LogP contribution in [0.5, 0.6) is 0 Å². The number of ketones is 1. The standard InChI is InChI=1S/C17H16ClNO2/c1-10-8-11(2)16(19-12(3)20)14(9-10)17(21)13-6-4-5-7-15(13)18/h4-9H,1-3H3,(H,19,20). The third-order valence-corrected chi connectivity index (χ3v) is 3.47. The van der Waals surface area contributed by atoms with E-state index in [-0.39, 0.29) is 11.7 Å². The summed E-state index contributed by atoms with van der Waals surface area (Å²) in [4.78, 5) is 24.1. The molecule has 21 heavy (non-hydrogen) atoms. The van der Waals surface area contributed by atoms with E-state index in [2.05, 4.69) is 5.32 Å². The third-order valence-electron chi connectivity index (χ3n) is 3.14. The summed E-state index contributed by atoms with van der Waals surface area (Å²) >= 11 is 6.10. The van der Waals surface area contributed by atoms with Crippen molar-refractivity contribution in [2.75, 3.05) is 5.32 Å². The summed E-state index contributed by atoms with van der Waals surface area (Å²) in [5, 5.41) is 3.13. The van der Waals surface area contributed by atoms with Crippen LogP contribution in [-0.4, -0.2) is 11.7 Å². The summed E-state index contributed by atoms with van der Waals surface area (Å²) in [6.07, 6.45) is 0. The summed E-state index contributed by atoms with van der Waals surface area (Å²) in [5.74, 6) is -0.411. The molecular formula is C17H16ClNO2. The average molecular weight is 302 g/mol. The first-order valence-electron chi connectivity index (χ1n) is 6.58. The Hall–Kier alpha value is -2.13. The number of carbonyl (C=O) groups is 2. The molecule has 0 aliphatic heterocycles. The Labute approximate surface area is 128 Å². The fourth-order valence-electron chi connectivity index (χ4n) is 2.28. The van der Waals surface area contributed by atoms with Crippen LogP contribution in [0, 0.1) is 13.8 Å². The van der Waals surface area contributed by atoms with Gasteiger partial charge < -0.3 is 5.32 Å². The average Bonchev–Trinajstić information content (AvgIpc) is 2.41. The van der Waals surface area contributed by atoms with E-state index in [0.717, 1.165) is 11.1 Å². The second kappa shape index (κ2) is 6.10. The van der Waals surface area contributed by atoms with E-state index in [0.29, 0.717) is 21.8 Å². The van der Waals surface area contributed by atoms with Crippen molar-refractivity contribution in [2.24, 2.45) is 0 Å². The van der Waals surface area contributed by atoms with E-state index >= 15 is 0 Å². The Bertz CT molecular complexity index is 723. The quantitative estimate of drug-likeness (QED) is 0.866. The molecule has 0 heterocycles. The van der Waals surface area contributed by atoms with Gasteiger partial charge in [-0.15, -0.1) is 0 Å². The van der Waals surface area contributed by atoms with Crippen LogP contribution in [-0.2, 0) is 4.79 Å². The number of nitrogens with one attached hydrogen (secondary N) is 1. The molecule has 1 amide bonds. The Balaban J connectivity index is 2.59. The van der Waals surface area contributed by atoms with Crippen molar-refractivity contribution in [3.63, 3.8) is 0 Å². The van der Waals surface area contributed by atoms with Gasteiger partial charge in [0.1, 0.15) is 0 Å². The Kier molecular flexibility index (Phi) is 4.43. The van der Waals surface area contributed by atoms with Crippen molar-refractivity contribution in [3.05, 3.63) is 63.7 Å². The number of halogens is 1. The van der Waals surface area contributed by atoms with Gasteiger partial charge in [-0.2, -0.15) is 0 Å². The van der Waals surface area contributed by atoms with Crippen LogP contribution in [0.4, 0.5) is 5.69 Å². The molecule has 0 unspecified atom stereocenters. The molecule has 0 aromatic heterocycles. The second-order valence-corrected chi connectivity index (χ2v) is 5.40. The van der Waals surface area contributed by atoms with E-state index in [1.165, 1.54) is 6.92 Å². The first kappa shape index (κ1) is 15.3. The molecular weight excluding hydrogens is 286 g/mol. The number of amides is 1. The lowest BCUT2D eigenvalue weighted by Crippen LogP contribution is -2.13. The maximum Gasteiger partial charge on any atom is 0.221 e. The zero-order valence-corrected chi connectivity index (χ0v) is 12.9. The van der Waals surface area contributed by atoms with Crippen molar-refractivity contribution in [3.8, 4) is 0 Å². The van der Waals surface area contributed by atoms with Crippen molar-refractivity contribution in [1.82, 2.24) is 0 Å². The van der Waals surface area contributed by atoms with Crippen LogP contribution in [0.15, 0.2) is 36.4 Å². The minimum atomic E-state index is -0.213. The van der Waals surface area contributed by atoms with Crippen LogP contribution >= 0.6 is 11.6 Å². The van der Waals surface area contributed by atoms with Crippen LogP contribution in [0.2, 0.25) is 5.02 Å². The van der Waals surface area contributed by atoms with Gasteiger partial charge in [-0.1, -0.05) is 29.8 Å². The topological polar surface area (TPSA) is 46.2 Å². The summed E-state index contributed by atoms with van der Waals surface area (Å²) in [7, 11) is 0. The van der Waals surface area contributed by atoms with Crippen molar-refractivity contribution in [1.29, 1.82) is 0 Å². The van der Waals surface area contributed by atoms with Gasteiger partial charge in [-0.05, 0) is 43.2 Å². The van der Waals surface area contributed by atoms with Crippen LogP contribution in [0.25, 0.3) is 0 Å². The Morgan fingerprint density at radius 3 is 2.33 bits per heavy atom. The number of aryl methyl sites for hydroxylation is 2. The molecule has 0 fully saturated rings. The lowest BCUT2D eigenvalue weighted by Gasteiger charge is -2.14. The normalized spacial score (nSPS) is 10.3. The van der Waals surface area contributed by atoms with E-state index in [4.69, 9.17) is 11.6 Å². The van der Waals surface area contributed by atoms with Gasteiger partial charge in [-0.3, -0.25) is 9.59 Å². The SMILES string of the molecule is CC(=O)Nc1c(C)cc(C)cc1C(=O)c1ccccc1Cl. The number of hydrogen-bond donors (Lipinski definition) is 1. The van der Waals surface area contributed by atoms with E-state index in [9.17, 15) is 9.59 Å². The van der Waals surface area contributed by atoms with E-state index in [1.54, 1.807) is 30.3 Å².